The average molecular weight is 243 g/mol. The second-order valence-corrected chi connectivity index (χ2v) is 4.26. The lowest BCUT2D eigenvalue weighted by Crippen LogP contribution is -2.33. The van der Waals surface area contributed by atoms with E-state index in [0.717, 1.165) is 11.1 Å². The first-order valence-electron chi connectivity index (χ1n) is 5.67. The third-order valence-corrected chi connectivity index (χ3v) is 2.83. The van der Waals surface area contributed by atoms with Gasteiger partial charge in [-0.3, -0.25) is 9.59 Å². The smallest absolute Gasteiger partial charge is 0.251 e. The van der Waals surface area contributed by atoms with Gasteiger partial charge in [-0.2, -0.15) is 5.26 Å². The molecule has 1 aromatic carbocycles. The van der Waals surface area contributed by atoms with E-state index < -0.39 is 6.04 Å². The van der Waals surface area contributed by atoms with Crippen molar-refractivity contribution in [3.05, 3.63) is 34.9 Å². The van der Waals surface area contributed by atoms with Gasteiger partial charge in [0.25, 0.3) is 5.91 Å². The number of fused-ring (bicyclic) bond motifs is 1. The molecule has 0 fully saturated rings. The van der Waals surface area contributed by atoms with Gasteiger partial charge in [0.15, 0.2) is 0 Å². The van der Waals surface area contributed by atoms with Crippen LogP contribution in [0.1, 0.15) is 28.4 Å². The lowest BCUT2D eigenvalue weighted by Gasteiger charge is -2.10. The lowest BCUT2D eigenvalue weighted by molar-refractivity contribution is -0.119. The fourth-order valence-electron chi connectivity index (χ4n) is 2.00. The van der Waals surface area contributed by atoms with Crippen molar-refractivity contribution in [2.24, 2.45) is 0 Å². The summed E-state index contributed by atoms with van der Waals surface area (Å²) in [6.45, 7) is 1.93. The second kappa shape index (κ2) is 4.88. The van der Waals surface area contributed by atoms with Crippen LogP contribution in [0.4, 0.5) is 0 Å². The first-order valence-corrected chi connectivity index (χ1v) is 5.67. The number of hydrogen-bond donors (Lipinski definition) is 2. The maximum absolute atomic E-state index is 11.5. The molecule has 5 nitrogen and oxygen atoms in total. The molecule has 2 rings (SSSR count). The minimum absolute atomic E-state index is 0.0834. The molecule has 1 aromatic rings. The van der Waals surface area contributed by atoms with E-state index in [1.54, 1.807) is 6.07 Å². The monoisotopic (exact) mass is 243 g/mol. The van der Waals surface area contributed by atoms with Gasteiger partial charge in [0.2, 0.25) is 5.91 Å². The molecule has 0 saturated heterocycles. The van der Waals surface area contributed by atoms with Crippen LogP contribution in [0.25, 0.3) is 0 Å². The molecule has 92 valence electrons. The third-order valence-electron chi connectivity index (χ3n) is 2.83. The summed E-state index contributed by atoms with van der Waals surface area (Å²) in [5.41, 5.74) is 2.50. The molecule has 2 amide bonds. The van der Waals surface area contributed by atoms with E-state index in [2.05, 4.69) is 10.6 Å². The number of nitrogens with zero attached hydrogens (tertiary/aromatic N) is 1. The van der Waals surface area contributed by atoms with E-state index in [-0.39, 0.29) is 11.8 Å². The lowest BCUT2D eigenvalue weighted by atomic mass is 10.0. The van der Waals surface area contributed by atoms with Gasteiger partial charge in [-0.1, -0.05) is 12.1 Å². The molecule has 0 bridgehead atoms. The van der Waals surface area contributed by atoms with Crippen molar-refractivity contribution in [2.75, 3.05) is 0 Å². The molecule has 1 atom stereocenters. The van der Waals surface area contributed by atoms with E-state index in [1.165, 1.54) is 6.92 Å². The van der Waals surface area contributed by atoms with Gasteiger partial charge < -0.3 is 10.6 Å². The Bertz CT molecular complexity index is 546. The number of benzene rings is 1. The highest BCUT2D eigenvalue weighted by Crippen LogP contribution is 2.18. The molecule has 0 aromatic heterocycles. The fourth-order valence-corrected chi connectivity index (χ4v) is 2.00. The number of hydrogen-bond acceptors (Lipinski definition) is 3. The van der Waals surface area contributed by atoms with E-state index in [4.69, 9.17) is 5.26 Å². The van der Waals surface area contributed by atoms with E-state index in [1.807, 2.05) is 18.2 Å². The Labute approximate surface area is 105 Å². The van der Waals surface area contributed by atoms with Crippen LogP contribution in [0.3, 0.4) is 0 Å². The van der Waals surface area contributed by atoms with Gasteiger partial charge in [-0.15, -0.1) is 0 Å². The van der Waals surface area contributed by atoms with Crippen LogP contribution in [0.5, 0.6) is 0 Å². The van der Waals surface area contributed by atoms with Crippen molar-refractivity contribution >= 4 is 11.8 Å². The molecule has 1 heterocycles. The Kier molecular flexibility index (Phi) is 3.28. The molecule has 0 spiro atoms. The summed E-state index contributed by atoms with van der Waals surface area (Å²) >= 11 is 0. The molecule has 0 radical (unpaired) electrons. The van der Waals surface area contributed by atoms with Crippen LogP contribution in [0.15, 0.2) is 18.2 Å². The van der Waals surface area contributed by atoms with Gasteiger partial charge in [0, 0.05) is 25.5 Å². The van der Waals surface area contributed by atoms with Crippen molar-refractivity contribution in [1.29, 1.82) is 5.26 Å². The summed E-state index contributed by atoms with van der Waals surface area (Å²) in [5, 5.41) is 14.2. The number of rotatable bonds is 3. The van der Waals surface area contributed by atoms with Crippen LogP contribution in [0.2, 0.25) is 0 Å². The molecule has 5 heteroatoms. The summed E-state index contributed by atoms with van der Waals surface area (Å²) in [6, 6.07) is 7.01. The summed E-state index contributed by atoms with van der Waals surface area (Å²) in [7, 11) is 0. The molecule has 2 N–H and O–H groups in total. The first kappa shape index (κ1) is 12.1. The van der Waals surface area contributed by atoms with Crippen molar-refractivity contribution in [2.45, 2.75) is 25.9 Å². The van der Waals surface area contributed by atoms with Crippen molar-refractivity contribution < 1.29 is 9.59 Å². The molecule has 0 aliphatic carbocycles. The topological polar surface area (TPSA) is 82.0 Å². The molecule has 1 aliphatic heterocycles. The zero-order chi connectivity index (χ0) is 13.1. The highest BCUT2D eigenvalue weighted by molar-refractivity contribution is 5.98. The maximum Gasteiger partial charge on any atom is 0.251 e. The highest BCUT2D eigenvalue weighted by atomic mass is 16.2. The summed E-state index contributed by atoms with van der Waals surface area (Å²) in [6.07, 6.45) is 0.399. The molecular formula is C13H13N3O2. The van der Waals surface area contributed by atoms with E-state index in [0.29, 0.717) is 18.5 Å². The number of amides is 2. The summed E-state index contributed by atoms with van der Waals surface area (Å²) < 4.78 is 0. The third kappa shape index (κ3) is 2.48. The minimum Gasteiger partial charge on any atom is -0.348 e. The normalized spacial score (nSPS) is 14.3. The highest BCUT2D eigenvalue weighted by Gasteiger charge is 2.19. The van der Waals surface area contributed by atoms with Gasteiger partial charge >= 0.3 is 0 Å². The first-order chi connectivity index (χ1) is 8.60. The number of nitrogens with one attached hydrogen (secondary N) is 2. The Hall–Kier alpha value is -2.35. The van der Waals surface area contributed by atoms with Crippen LogP contribution < -0.4 is 10.6 Å². The van der Waals surface area contributed by atoms with E-state index >= 15 is 0 Å². The zero-order valence-corrected chi connectivity index (χ0v) is 9.99. The average Bonchev–Trinajstić information content (AvgIpc) is 2.70. The Morgan fingerprint density at radius 1 is 1.61 bits per heavy atom. The number of nitriles is 1. The van der Waals surface area contributed by atoms with Crippen LogP contribution in [-0.2, 0) is 17.8 Å². The van der Waals surface area contributed by atoms with Gasteiger partial charge in [-0.25, -0.2) is 0 Å². The molecule has 18 heavy (non-hydrogen) atoms. The molecule has 1 unspecified atom stereocenters. The minimum atomic E-state index is -0.565. The SMILES string of the molecule is CC(=O)NC(C#N)Cc1ccc2c(c1)C(=O)NC2. The standard InChI is InChI=1S/C13H13N3O2/c1-8(17)16-11(6-14)4-9-2-3-10-7-15-13(18)12(10)5-9/h2-3,5,11H,4,7H2,1H3,(H,15,18)(H,16,17). The van der Waals surface area contributed by atoms with E-state index in [9.17, 15) is 9.59 Å². The quantitative estimate of drug-likeness (QED) is 0.811. The van der Waals surface area contributed by atoms with Gasteiger partial charge in [-0.05, 0) is 17.2 Å². The molecule has 1 aliphatic rings. The van der Waals surface area contributed by atoms with Crippen molar-refractivity contribution in [3.63, 3.8) is 0 Å². The Morgan fingerprint density at radius 2 is 2.39 bits per heavy atom. The van der Waals surface area contributed by atoms with Crippen LogP contribution in [0, 0.1) is 11.3 Å². The predicted molar refractivity (Wildman–Crippen MR) is 64.5 cm³/mol. The van der Waals surface area contributed by atoms with Crippen molar-refractivity contribution in [1.82, 2.24) is 10.6 Å². The van der Waals surface area contributed by atoms with Crippen LogP contribution >= 0.6 is 0 Å². The molecule has 0 saturated carbocycles. The number of carbonyl (C=O) groups excluding carboxylic acids is 2. The van der Waals surface area contributed by atoms with Gasteiger partial charge in [0.05, 0.1) is 6.07 Å². The van der Waals surface area contributed by atoms with Crippen molar-refractivity contribution in [3.8, 4) is 6.07 Å². The van der Waals surface area contributed by atoms with Gasteiger partial charge in [0.1, 0.15) is 6.04 Å². The fraction of sp³-hybridized carbons (Fsp3) is 0.308. The largest absolute Gasteiger partial charge is 0.348 e. The molecular weight excluding hydrogens is 230 g/mol. The predicted octanol–water partition coefficient (Wildman–Crippen LogP) is 0.501. The number of carbonyl (C=O) groups is 2. The zero-order valence-electron chi connectivity index (χ0n) is 9.99. The Morgan fingerprint density at radius 3 is 3.06 bits per heavy atom. The summed E-state index contributed by atoms with van der Waals surface area (Å²) in [5.74, 6) is -0.319. The van der Waals surface area contributed by atoms with Crippen LogP contribution in [-0.4, -0.2) is 17.9 Å². The summed E-state index contributed by atoms with van der Waals surface area (Å²) in [4.78, 5) is 22.4. The second-order valence-electron chi connectivity index (χ2n) is 4.26. The maximum atomic E-state index is 11.5. The Balaban J connectivity index is 2.15.